The highest BCUT2D eigenvalue weighted by molar-refractivity contribution is 5.82. The van der Waals surface area contributed by atoms with E-state index in [1.807, 2.05) is 0 Å². The van der Waals surface area contributed by atoms with Crippen LogP contribution in [0.3, 0.4) is 0 Å². The Kier molecular flexibility index (Phi) is 3.18. The van der Waals surface area contributed by atoms with Gasteiger partial charge in [-0.1, -0.05) is 0 Å². The fraction of sp³-hybridized carbons (Fsp3) is 0.778. The molecule has 2 unspecified atom stereocenters. The molecule has 1 aliphatic rings. The first-order valence-corrected chi connectivity index (χ1v) is 4.82. The highest BCUT2D eigenvalue weighted by Gasteiger charge is 2.34. The van der Waals surface area contributed by atoms with E-state index in [4.69, 9.17) is 5.11 Å². The van der Waals surface area contributed by atoms with Crippen molar-refractivity contribution in [1.29, 1.82) is 0 Å². The molecule has 0 bridgehead atoms. The number of aliphatic hydroxyl groups is 1. The van der Waals surface area contributed by atoms with Crippen LogP contribution in [0.1, 0.15) is 20.3 Å². The van der Waals surface area contributed by atoms with Crippen LogP contribution in [0.2, 0.25) is 0 Å². The number of hydrogen-bond donors (Lipinski definition) is 3. The molecule has 0 spiro atoms. The van der Waals surface area contributed by atoms with Crippen molar-refractivity contribution >= 4 is 12.0 Å². The van der Waals surface area contributed by atoms with Crippen LogP contribution in [0.15, 0.2) is 0 Å². The van der Waals surface area contributed by atoms with Crippen LogP contribution in [0, 0.1) is 0 Å². The number of carbonyl (C=O) groups is 2. The lowest BCUT2D eigenvalue weighted by Gasteiger charge is -2.20. The van der Waals surface area contributed by atoms with Crippen LogP contribution >= 0.6 is 0 Å². The van der Waals surface area contributed by atoms with Gasteiger partial charge in [-0.25, -0.2) is 4.79 Å². The van der Waals surface area contributed by atoms with E-state index in [0.29, 0.717) is 13.0 Å². The quantitative estimate of drug-likeness (QED) is 0.587. The fourth-order valence-corrected chi connectivity index (χ4v) is 1.46. The summed E-state index contributed by atoms with van der Waals surface area (Å²) in [6.45, 7) is 3.74. The first kappa shape index (κ1) is 11.8. The topological polar surface area (TPSA) is 89.9 Å². The van der Waals surface area contributed by atoms with Gasteiger partial charge in [0.25, 0.3) is 0 Å². The maximum Gasteiger partial charge on any atom is 0.325 e. The molecule has 1 saturated heterocycles. The van der Waals surface area contributed by atoms with E-state index >= 15 is 0 Å². The molecule has 6 nitrogen and oxygen atoms in total. The maximum absolute atomic E-state index is 11.5. The van der Waals surface area contributed by atoms with Crippen molar-refractivity contribution in [2.24, 2.45) is 0 Å². The molecule has 0 aromatic carbocycles. The lowest BCUT2D eigenvalue weighted by molar-refractivity contribution is -0.138. The average Bonchev–Trinajstić information content (AvgIpc) is 2.45. The van der Waals surface area contributed by atoms with Gasteiger partial charge in [-0.2, -0.15) is 0 Å². The van der Waals surface area contributed by atoms with Crippen LogP contribution in [-0.2, 0) is 4.79 Å². The summed E-state index contributed by atoms with van der Waals surface area (Å²) >= 11 is 0. The second kappa shape index (κ2) is 4.06. The average molecular weight is 216 g/mol. The number of carboxylic acid groups (broad SMARTS) is 1. The third-order valence-electron chi connectivity index (χ3n) is 2.45. The van der Waals surface area contributed by atoms with E-state index in [1.165, 1.54) is 11.8 Å². The van der Waals surface area contributed by atoms with Crippen molar-refractivity contribution in [2.75, 3.05) is 13.1 Å². The van der Waals surface area contributed by atoms with Gasteiger partial charge in [0.1, 0.15) is 6.04 Å². The predicted octanol–water partition coefficient (Wildman–Crippen LogP) is -0.374. The predicted molar refractivity (Wildman–Crippen MR) is 52.4 cm³/mol. The molecule has 0 aromatic heterocycles. The van der Waals surface area contributed by atoms with E-state index in [2.05, 4.69) is 5.32 Å². The van der Waals surface area contributed by atoms with Gasteiger partial charge in [-0.05, 0) is 20.3 Å². The molecule has 0 saturated carbocycles. The first-order valence-electron chi connectivity index (χ1n) is 4.82. The number of urea groups is 1. The third kappa shape index (κ3) is 3.09. The number of nitrogens with zero attached hydrogens (tertiary/aromatic N) is 1. The molecule has 2 amide bonds. The van der Waals surface area contributed by atoms with E-state index in [0.717, 1.165) is 0 Å². The number of hydrogen-bond acceptors (Lipinski definition) is 3. The Morgan fingerprint density at radius 1 is 1.53 bits per heavy atom. The second-order valence-electron chi connectivity index (χ2n) is 4.18. The number of aliphatic carboxylic acids is 1. The number of carbonyl (C=O) groups excluding carboxylic acids is 1. The van der Waals surface area contributed by atoms with Gasteiger partial charge >= 0.3 is 12.0 Å². The minimum Gasteiger partial charge on any atom is -0.480 e. The molecule has 0 aromatic rings. The Labute approximate surface area is 87.9 Å². The smallest absolute Gasteiger partial charge is 0.325 e. The van der Waals surface area contributed by atoms with Gasteiger partial charge in [-0.15, -0.1) is 0 Å². The van der Waals surface area contributed by atoms with Crippen molar-refractivity contribution in [3.63, 3.8) is 0 Å². The normalized spacial score (nSPS) is 27.5. The monoisotopic (exact) mass is 216 g/mol. The van der Waals surface area contributed by atoms with Gasteiger partial charge in [0.15, 0.2) is 0 Å². The van der Waals surface area contributed by atoms with Crippen LogP contribution < -0.4 is 5.32 Å². The Morgan fingerprint density at radius 3 is 2.53 bits per heavy atom. The van der Waals surface area contributed by atoms with Gasteiger partial charge in [0, 0.05) is 6.54 Å². The summed E-state index contributed by atoms with van der Waals surface area (Å²) < 4.78 is 0. The highest BCUT2D eigenvalue weighted by atomic mass is 16.4. The molecule has 15 heavy (non-hydrogen) atoms. The third-order valence-corrected chi connectivity index (χ3v) is 2.45. The van der Waals surface area contributed by atoms with Crippen molar-refractivity contribution in [3.8, 4) is 0 Å². The number of rotatable bonds is 2. The zero-order valence-corrected chi connectivity index (χ0v) is 8.86. The summed E-state index contributed by atoms with van der Waals surface area (Å²) in [5.74, 6) is -1.07. The number of β-amino-alcohol motifs (C(OH)–C–C–N with tert-alkyl or cyclic N) is 1. The van der Waals surface area contributed by atoms with Crippen LogP contribution in [0.4, 0.5) is 4.79 Å². The minimum atomic E-state index is -1.07. The first-order chi connectivity index (χ1) is 6.82. The van der Waals surface area contributed by atoms with E-state index < -0.39 is 23.6 Å². The summed E-state index contributed by atoms with van der Waals surface area (Å²) in [6.07, 6.45) is 0.516. The lowest BCUT2D eigenvalue weighted by Crippen LogP contribution is -2.46. The molecule has 0 radical (unpaired) electrons. The molecule has 1 aliphatic heterocycles. The largest absolute Gasteiger partial charge is 0.480 e. The molecule has 1 fully saturated rings. The number of carboxylic acids is 1. The van der Waals surface area contributed by atoms with Gasteiger partial charge in [0.2, 0.25) is 0 Å². The van der Waals surface area contributed by atoms with E-state index in [1.54, 1.807) is 6.92 Å². The molecule has 3 N–H and O–H groups in total. The zero-order valence-electron chi connectivity index (χ0n) is 8.86. The Morgan fingerprint density at radius 2 is 2.13 bits per heavy atom. The summed E-state index contributed by atoms with van der Waals surface area (Å²) in [5, 5.41) is 20.5. The maximum atomic E-state index is 11.5. The Balaban J connectivity index is 2.46. The van der Waals surface area contributed by atoms with E-state index in [-0.39, 0.29) is 6.54 Å². The fourth-order valence-electron chi connectivity index (χ4n) is 1.46. The number of amides is 2. The van der Waals surface area contributed by atoms with Crippen molar-refractivity contribution in [3.05, 3.63) is 0 Å². The van der Waals surface area contributed by atoms with Crippen molar-refractivity contribution in [1.82, 2.24) is 10.2 Å². The van der Waals surface area contributed by atoms with Crippen molar-refractivity contribution < 1.29 is 19.8 Å². The molecule has 0 aliphatic carbocycles. The van der Waals surface area contributed by atoms with Gasteiger partial charge < -0.3 is 20.4 Å². The minimum absolute atomic E-state index is 0.241. The van der Waals surface area contributed by atoms with Crippen molar-refractivity contribution in [2.45, 2.75) is 31.9 Å². The molecule has 6 heteroatoms. The highest BCUT2D eigenvalue weighted by Crippen LogP contribution is 2.19. The lowest BCUT2D eigenvalue weighted by atomic mass is 10.1. The van der Waals surface area contributed by atoms with Gasteiger partial charge in [-0.3, -0.25) is 4.79 Å². The summed E-state index contributed by atoms with van der Waals surface area (Å²) in [6, 6.07) is -1.36. The van der Waals surface area contributed by atoms with Crippen LogP contribution in [0.25, 0.3) is 0 Å². The SMILES string of the molecule is CC(NC(=O)N1CCC(C)(O)C1)C(=O)O. The summed E-state index contributed by atoms with van der Waals surface area (Å²) in [5.41, 5.74) is -0.857. The number of likely N-dealkylation sites (tertiary alicyclic amines) is 1. The Bertz CT molecular complexity index is 277. The standard InChI is InChI=1S/C9H16N2O4/c1-6(7(12)13)10-8(14)11-4-3-9(2,15)5-11/h6,15H,3-5H2,1-2H3,(H,10,14)(H,12,13). The summed E-state index contributed by atoms with van der Waals surface area (Å²) in [7, 11) is 0. The number of nitrogens with one attached hydrogen (secondary N) is 1. The zero-order chi connectivity index (χ0) is 11.6. The van der Waals surface area contributed by atoms with Crippen LogP contribution in [0.5, 0.6) is 0 Å². The molecule has 86 valence electrons. The Hall–Kier alpha value is -1.30. The van der Waals surface area contributed by atoms with Gasteiger partial charge in [0.05, 0.1) is 12.1 Å². The summed E-state index contributed by atoms with van der Waals surface area (Å²) in [4.78, 5) is 23.4. The molecule has 2 atom stereocenters. The molecular formula is C9H16N2O4. The molecule has 1 heterocycles. The molecule has 1 rings (SSSR count). The molecular weight excluding hydrogens is 200 g/mol. The van der Waals surface area contributed by atoms with Crippen LogP contribution in [-0.4, -0.2) is 51.8 Å². The van der Waals surface area contributed by atoms with E-state index in [9.17, 15) is 14.7 Å². The second-order valence-corrected chi connectivity index (χ2v) is 4.18.